The van der Waals surface area contributed by atoms with E-state index < -0.39 is 5.97 Å². The van der Waals surface area contributed by atoms with Gasteiger partial charge in [0.05, 0.1) is 24.1 Å². The first kappa shape index (κ1) is 14.8. The van der Waals surface area contributed by atoms with Crippen molar-refractivity contribution in [3.63, 3.8) is 0 Å². The molecule has 0 saturated carbocycles. The van der Waals surface area contributed by atoms with Crippen molar-refractivity contribution in [1.29, 1.82) is 0 Å². The highest BCUT2D eigenvalue weighted by Crippen LogP contribution is 2.21. The Bertz CT molecular complexity index is 614. The number of aromatic nitrogens is 1. The second-order valence-electron chi connectivity index (χ2n) is 4.65. The molecule has 1 aromatic carbocycles. The van der Waals surface area contributed by atoms with Crippen molar-refractivity contribution in [2.45, 2.75) is 19.9 Å². The van der Waals surface area contributed by atoms with Crippen LogP contribution in [-0.2, 0) is 4.74 Å². The van der Waals surface area contributed by atoms with Gasteiger partial charge in [-0.2, -0.15) is 0 Å². The molecule has 0 bridgehead atoms. The zero-order valence-corrected chi connectivity index (χ0v) is 12.2. The zero-order chi connectivity index (χ0) is 15.2. The first-order valence-corrected chi connectivity index (χ1v) is 6.86. The van der Waals surface area contributed by atoms with E-state index >= 15 is 0 Å². The molecule has 110 valence electrons. The number of nitrogens with one attached hydrogen (secondary N) is 1. The van der Waals surface area contributed by atoms with Crippen LogP contribution >= 0.6 is 0 Å². The molecule has 3 N–H and O–H groups in total. The molecule has 5 nitrogen and oxygen atoms in total. The number of ether oxygens (including phenoxy) is 1. The Morgan fingerprint density at radius 2 is 2.10 bits per heavy atom. The van der Waals surface area contributed by atoms with Crippen LogP contribution in [0.3, 0.4) is 0 Å². The lowest BCUT2D eigenvalue weighted by atomic mass is 10.1. The maximum Gasteiger partial charge on any atom is 0.340 e. The molecule has 0 aliphatic rings. The molecule has 0 radical (unpaired) electrons. The zero-order valence-electron chi connectivity index (χ0n) is 12.2. The summed E-state index contributed by atoms with van der Waals surface area (Å²) in [5.41, 5.74) is 7.54. The average molecular weight is 285 g/mol. The molecule has 0 spiro atoms. The van der Waals surface area contributed by atoms with Gasteiger partial charge in [0.25, 0.3) is 0 Å². The van der Waals surface area contributed by atoms with Gasteiger partial charge in [0.2, 0.25) is 0 Å². The number of carbonyl (C=O) groups excluding carboxylic acids is 1. The van der Waals surface area contributed by atoms with Crippen molar-refractivity contribution in [1.82, 2.24) is 4.98 Å². The lowest BCUT2D eigenvalue weighted by Gasteiger charge is -2.16. The number of esters is 1. The first-order valence-electron chi connectivity index (χ1n) is 6.86. The fourth-order valence-electron chi connectivity index (χ4n) is 1.98. The van der Waals surface area contributed by atoms with Gasteiger partial charge in [0.1, 0.15) is 5.82 Å². The van der Waals surface area contributed by atoms with Crippen LogP contribution < -0.4 is 11.1 Å². The SMILES string of the molecule is CCOC(=O)c1cc(NC(C)c2ccccc2)ncc1N. The summed E-state index contributed by atoms with van der Waals surface area (Å²) in [5.74, 6) is 0.149. The summed E-state index contributed by atoms with van der Waals surface area (Å²) in [4.78, 5) is 16.0. The Morgan fingerprint density at radius 3 is 2.76 bits per heavy atom. The monoisotopic (exact) mass is 285 g/mol. The lowest BCUT2D eigenvalue weighted by molar-refractivity contribution is 0.0527. The maximum atomic E-state index is 11.8. The van der Waals surface area contributed by atoms with Gasteiger partial charge in [-0.05, 0) is 25.5 Å². The number of rotatable bonds is 5. The van der Waals surface area contributed by atoms with Crippen LogP contribution in [0, 0.1) is 0 Å². The summed E-state index contributed by atoms with van der Waals surface area (Å²) in [5, 5.41) is 3.25. The second-order valence-corrected chi connectivity index (χ2v) is 4.65. The summed E-state index contributed by atoms with van der Waals surface area (Å²) in [6.07, 6.45) is 1.46. The topological polar surface area (TPSA) is 77.2 Å². The maximum absolute atomic E-state index is 11.8. The number of hydrogen-bond donors (Lipinski definition) is 2. The quantitative estimate of drug-likeness (QED) is 0.826. The van der Waals surface area contributed by atoms with Crippen molar-refractivity contribution in [2.24, 2.45) is 0 Å². The number of nitrogens with two attached hydrogens (primary N) is 1. The number of nitrogens with zero attached hydrogens (tertiary/aromatic N) is 1. The van der Waals surface area contributed by atoms with Crippen molar-refractivity contribution in [2.75, 3.05) is 17.7 Å². The van der Waals surface area contributed by atoms with Gasteiger partial charge in [0.15, 0.2) is 0 Å². The van der Waals surface area contributed by atoms with Crippen molar-refractivity contribution < 1.29 is 9.53 Å². The third kappa shape index (κ3) is 3.72. The van der Waals surface area contributed by atoms with Crippen LogP contribution in [0.15, 0.2) is 42.6 Å². The second kappa shape index (κ2) is 6.74. The van der Waals surface area contributed by atoms with E-state index in [4.69, 9.17) is 10.5 Å². The molecule has 0 aliphatic heterocycles. The van der Waals surface area contributed by atoms with Crippen molar-refractivity contribution in [3.8, 4) is 0 Å². The highest BCUT2D eigenvalue weighted by molar-refractivity contribution is 5.95. The largest absolute Gasteiger partial charge is 0.462 e. The predicted octanol–water partition coefficient (Wildman–Crippen LogP) is 3.01. The van der Waals surface area contributed by atoms with E-state index in [1.807, 2.05) is 37.3 Å². The minimum absolute atomic E-state index is 0.0670. The molecule has 0 saturated heterocycles. The molecule has 1 aromatic heterocycles. The predicted molar refractivity (Wildman–Crippen MR) is 83.1 cm³/mol. The summed E-state index contributed by atoms with van der Waals surface area (Å²) in [6, 6.07) is 11.7. The third-order valence-corrected chi connectivity index (χ3v) is 3.09. The van der Waals surface area contributed by atoms with E-state index in [1.165, 1.54) is 6.20 Å². The molecule has 1 heterocycles. The summed E-state index contributed by atoms with van der Waals surface area (Å²) in [6.45, 7) is 4.09. The molecule has 0 amide bonds. The van der Waals surface area contributed by atoms with E-state index in [0.29, 0.717) is 23.7 Å². The standard InChI is InChI=1S/C16H19N3O2/c1-3-21-16(20)13-9-15(18-10-14(13)17)19-11(2)12-7-5-4-6-8-12/h4-11H,3,17H2,1-2H3,(H,18,19). The molecule has 0 fully saturated rings. The highest BCUT2D eigenvalue weighted by Gasteiger charge is 2.13. The van der Waals surface area contributed by atoms with Gasteiger partial charge in [0, 0.05) is 6.04 Å². The number of pyridine rings is 1. The molecule has 1 atom stereocenters. The van der Waals surface area contributed by atoms with Gasteiger partial charge in [-0.25, -0.2) is 9.78 Å². The van der Waals surface area contributed by atoms with Gasteiger partial charge in [-0.1, -0.05) is 30.3 Å². The molecule has 2 rings (SSSR count). The smallest absolute Gasteiger partial charge is 0.340 e. The van der Waals surface area contributed by atoms with Gasteiger partial charge in [-0.15, -0.1) is 0 Å². The molecule has 2 aromatic rings. The molecule has 5 heteroatoms. The summed E-state index contributed by atoms with van der Waals surface area (Å²) < 4.78 is 4.98. The Kier molecular flexibility index (Phi) is 4.77. The van der Waals surface area contributed by atoms with Crippen LogP contribution in [0.4, 0.5) is 11.5 Å². The van der Waals surface area contributed by atoms with Gasteiger partial charge >= 0.3 is 5.97 Å². The minimum Gasteiger partial charge on any atom is -0.462 e. The Balaban J connectivity index is 2.17. The van der Waals surface area contributed by atoms with Gasteiger partial charge < -0.3 is 15.8 Å². The lowest BCUT2D eigenvalue weighted by Crippen LogP contribution is -2.12. The van der Waals surface area contributed by atoms with Crippen LogP contribution in [0.25, 0.3) is 0 Å². The van der Waals surface area contributed by atoms with Crippen LogP contribution in [0.1, 0.15) is 35.8 Å². The minimum atomic E-state index is -0.437. The average Bonchev–Trinajstić information content (AvgIpc) is 2.50. The Morgan fingerprint density at radius 1 is 1.38 bits per heavy atom. The highest BCUT2D eigenvalue weighted by atomic mass is 16.5. The van der Waals surface area contributed by atoms with E-state index in [0.717, 1.165) is 5.56 Å². The summed E-state index contributed by atoms with van der Waals surface area (Å²) >= 11 is 0. The molecule has 1 unspecified atom stereocenters. The normalized spacial score (nSPS) is 11.7. The number of benzene rings is 1. The fraction of sp³-hybridized carbons (Fsp3) is 0.250. The Labute approximate surface area is 124 Å². The first-order chi connectivity index (χ1) is 10.1. The number of hydrogen-bond acceptors (Lipinski definition) is 5. The van der Waals surface area contributed by atoms with Crippen molar-refractivity contribution >= 4 is 17.5 Å². The van der Waals surface area contributed by atoms with E-state index in [2.05, 4.69) is 10.3 Å². The van der Waals surface area contributed by atoms with Crippen LogP contribution in [-0.4, -0.2) is 17.6 Å². The van der Waals surface area contributed by atoms with E-state index in [9.17, 15) is 4.79 Å². The Hall–Kier alpha value is -2.56. The summed E-state index contributed by atoms with van der Waals surface area (Å²) in [7, 11) is 0. The van der Waals surface area contributed by atoms with E-state index in [1.54, 1.807) is 13.0 Å². The molecular weight excluding hydrogens is 266 g/mol. The van der Waals surface area contributed by atoms with Gasteiger partial charge in [-0.3, -0.25) is 0 Å². The molecule has 21 heavy (non-hydrogen) atoms. The number of nitrogen functional groups attached to an aromatic ring is 1. The fourth-order valence-corrected chi connectivity index (χ4v) is 1.98. The third-order valence-electron chi connectivity index (χ3n) is 3.09. The van der Waals surface area contributed by atoms with Crippen LogP contribution in [0.5, 0.6) is 0 Å². The number of anilines is 2. The number of carbonyl (C=O) groups is 1. The molecular formula is C16H19N3O2. The molecule has 0 aliphatic carbocycles. The van der Waals surface area contributed by atoms with E-state index in [-0.39, 0.29) is 6.04 Å². The van der Waals surface area contributed by atoms with Crippen molar-refractivity contribution in [3.05, 3.63) is 53.7 Å². The van der Waals surface area contributed by atoms with Crippen LogP contribution in [0.2, 0.25) is 0 Å².